The van der Waals surface area contributed by atoms with Crippen molar-refractivity contribution in [3.63, 3.8) is 0 Å². The molecule has 3 aromatic rings. The van der Waals surface area contributed by atoms with Crippen LogP contribution in [0.1, 0.15) is 10.5 Å². The number of hydrogen-bond acceptors (Lipinski definition) is 4. The van der Waals surface area contributed by atoms with Crippen molar-refractivity contribution in [1.82, 2.24) is 15.3 Å². The number of carbonyl (C=O) groups is 2. The second kappa shape index (κ2) is 6.10. The molecule has 1 atom stereocenters. The number of benzene rings is 1. The van der Waals surface area contributed by atoms with Gasteiger partial charge in [-0.15, -0.1) is 0 Å². The topological polar surface area (TPSA) is 96.1 Å². The molecule has 25 heavy (non-hydrogen) atoms. The van der Waals surface area contributed by atoms with Crippen LogP contribution in [0.25, 0.3) is 10.9 Å². The van der Waals surface area contributed by atoms with Gasteiger partial charge in [-0.05, 0) is 24.3 Å². The lowest BCUT2D eigenvalue weighted by Gasteiger charge is -2.14. The van der Waals surface area contributed by atoms with E-state index in [0.717, 1.165) is 10.9 Å². The zero-order valence-corrected chi connectivity index (χ0v) is 13.6. The van der Waals surface area contributed by atoms with E-state index in [4.69, 9.17) is 16.3 Å². The number of carbonyl (C=O) groups excluding carboxylic acids is 2. The minimum atomic E-state index is -0.824. The number of nitrogens with zero attached hydrogens (tertiary/aromatic N) is 1. The van der Waals surface area contributed by atoms with Crippen LogP contribution in [0.3, 0.4) is 0 Å². The monoisotopic (exact) mass is 356 g/mol. The van der Waals surface area contributed by atoms with Gasteiger partial charge in [0.05, 0.1) is 6.20 Å². The fourth-order valence-corrected chi connectivity index (χ4v) is 2.82. The van der Waals surface area contributed by atoms with Crippen LogP contribution >= 0.6 is 11.6 Å². The van der Waals surface area contributed by atoms with Crippen LogP contribution < -0.4 is 15.4 Å². The summed E-state index contributed by atoms with van der Waals surface area (Å²) < 4.78 is 5.58. The number of aromatic nitrogens is 2. The Kier molecular flexibility index (Phi) is 3.77. The first-order valence-corrected chi connectivity index (χ1v) is 7.95. The lowest BCUT2D eigenvalue weighted by Crippen LogP contribution is -2.46. The van der Waals surface area contributed by atoms with Crippen LogP contribution in [0.15, 0.2) is 42.7 Å². The Morgan fingerprint density at radius 2 is 2.20 bits per heavy atom. The van der Waals surface area contributed by atoms with Gasteiger partial charge in [-0.2, -0.15) is 0 Å². The Hall–Kier alpha value is -3.06. The zero-order chi connectivity index (χ0) is 17.4. The van der Waals surface area contributed by atoms with Gasteiger partial charge in [-0.25, -0.2) is 0 Å². The van der Waals surface area contributed by atoms with E-state index in [9.17, 15) is 9.59 Å². The van der Waals surface area contributed by atoms with E-state index in [2.05, 4.69) is 20.6 Å². The maximum Gasteiger partial charge on any atom is 0.268 e. The van der Waals surface area contributed by atoms with Gasteiger partial charge in [0, 0.05) is 28.2 Å². The Balaban J connectivity index is 1.53. The van der Waals surface area contributed by atoms with E-state index in [1.54, 1.807) is 36.5 Å². The van der Waals surface area contributed by atoms with E-state index in [0.29, 0.717) is 22.2 Å². The molecule has 126 valence electrons. The predicted molar refractivity (Wildman–Crippen MR) is 92.9 cm³/mol. The minimum Gasteiger partial charge on any atom is -0.489 e. The molecule has 0 radical (unpaired) electrons. The quantitative estimate of drug-likeness (QED) is 0.656. The number of amides is 2. The number of hydrogen-bond donors (Lipinski definition) is 3. The molecular formula is C17H13ClN4O3. The summed E-state index contributed by atoms with van der Waals surface area (Å²) >= 11 is 5.96. The number of pyridine rings is 1. The fraction of sp³-hybridized carbons (Fsp3) is 0.118. The summed E-state index contributed by atoms with van der Waals surface area (Å²) in [4.78, 5) is 31.7. The van der Waals surface area contributed by atoms with Crippen LogP contribution in [0.2, 0.25) is 5.02 Å². The van der Waals surface area contributed by atoms with Crippen molar-refractivity contribution in [2.24, 2.45) is 0 Å². The van der Waals surface area contributed by atoms with Gasteiger partial charge in [0.25, 0.3) is 11.8 Å². The largest absolute Gasteiger partial charge is 0.489 e. The number of nitrogens with one attached hydrogen (secondary N) is 3. The number of fused-ring (bicyclic) bond motifs is 2. The molecule has 0 bridgehead atoms. The van der Waals surface area contributed by atoms with Crippen molar-refractivity contribution >= 4 is 40.0 Å². The number of anilines is 1. The highest BCUT2D eigenvalue weighted by Gasteiger charge is 2.27. The average molecular weight is 357 g/mol. The molecule has 3 heterocycles. The summed E-state index contributed by atoms with van der Waals surface area (Å²) in [6.07, 6.45) is 3.07. The SMILES string of the molecule is O=C(N[C@H]1COc2ccncc2NC1=O)c1cc2cc(Cl)ccc2[nH]1. The summed E-state index contributed by atoms with van der Waals surface area (Å²) in [7, 11) is 0. The number of aromatic amines is 1. The van der Waals surface area contributed by atoms with Crippen molar-refractivity contribution in [1.29, 1.82) is 0 Å². The molecule has 4 rings (SSSR count). The highest BCUT2D eigenvalue weighted by atomic mass is 35.5. The maximum absolute atomic E-state index is 12.5. The Bertz CT molecular complexity index is 985. The van der Waals surface area contributed by atoms with Gasteiger partial charge < -0.3 is 20.4 Å². The first-order valence-electron chi connectivity index (χ1n) is 7.57. The fourth-order valence-electron chi connectivity index (χ4n) is 2.64. The molecule has 3 N–H and O–H groups in total. The minimum absolute atomic E-state index is 0.0284. The number of rotatable bonds is 2. The molecule has 1 aromatic carbocycles. The molecular weight excluding hydrogens is 344 g/mol. The molecule has 2 aromatic heterocycles. The van der Waals surface area contributed by atoms with E-state index in [-0.39, 0.29) is 12.5 Å². The number of halogens is 1. The van der Waals surface area contributed by atoms with Crippen molar-refractivity contribution in [2.45, 2.75) is 6.04 Å². The summed E-state index contributed by atoms with van der Waals surface area (Å²) in [5.41, 5.74) is 1.60. The van der Waals surface area contributed by atoms with Crippen LogP contribution in [0.5, 0.6) is 5.75 Å². The second-order valence-electron chi connectivity index (χ2n) is 5.61. The molecule has 8 heteroatoms. The van der Waals surface area contributed by atoms with Crippen molar-refractivity contribution < 1.29 is 14.3 Å². The lowest BCUT2D eigenvalue weighted by molar-refractivity contribution is -0.118. The predicted octanol–water partition coefficient (Wildman–Crippen LogP) is 2.35. The zero-order valence-electron chi connectivity index (χ0n) is 12.9. The normalized spacial score (nSPS) is 16.5. The van der Waals surface area contributed by atoms with Gasteiger partial charge in [0.2, 0.25) is 0 Å². The standard InChI is InChI=1S/C17H13ClN4O3/c18-10-1-2-11-9(5-10)6-12(20-11)16(23)22-14-8-25-15-3-4-19-7-13(15)21-17(14)24/h1-7,14,20H,8H2,(H,21,24)(H,22,23)/t14-/m0/s1. The lowest BCUT2D eigenvalue weighted by atomic mass is 10.2. The Morgan fingerprint density at radius 3 is 3.08 bits per heavy atom. The third-order valence-electron chi connectivity index (χ3n) is 3.89. The summed E-state index contributed by atoms with van der Waals surface area (Å²) in [6, 6.07) is 7.80. The molecule has 2 amide bonds. The molecule has 7 nitrogen and oxygen atoms in total. The van der Waals surface area contributed by atoms with Crippen molar-refractivity contribution in [3.8, 4) is 5.75 Å². The number of H-pyrrole nitrogens is 1. The van der Waals surface area contributed by atoms with E-state index < -0.39 is 11.9 Å². The molecule has 0 spiro atoms. The van der Waals surface area contributed by atoms with E-state index in [1.807, 2.05) is 0 Å². The maximum atomic E-state index is 12.5. The summed E-state index contributed by atoms with van der Waals surface area (Å²) in [5, 5.41) is 6.77. The molecule has 0 unspecified atom stereocenters. The third kappa shape index (κ3) is 3.01. The molecule has 0 saturated heterocycles. The summed E-state index contributed by atoms with van der Waals surface area (Å²) in [5.74, 6) is -0.250. The highest BCUT2D eigenvalue weighted by molar-refractivity contribution is 6.31. The number of ether oxygens (including phenoxy) is 1. The first kappa shape index (κ1) is 15.5. The molecule has 0 fully saturated rings. The van der Waals surface area contributed by atoms with Crippen LogP contribution in [-0.4, -0.2) is 34.4 Å². The second-order valence-corrected chi connectivity index (χ2v) is 6.05. The van der Waals surface area contributed by atoms with Crippen LogP contribution in [0, 0.1) is 0 Å². The Labute approximate surface area is 147 Å². The van der Waals surface area contributed by atoms with Crippen molar-refractivity contribution in [2.75, 3.05) is 11.9 Å². The Morgan fingerprint density at radius 1 is 1.32 bits per heavy atom. The van der Waals surface area contributed by atoms with Gasteiger partial charge in [0.1, 0.15) is 29.8 Å². The third-order valence-corrected chi connectivity index (χ3v) is 4.13. The van der Waals surface area contributed by atoms with Gasteiger partial charge in [-0.3, -0.25) is 14.6 Å². The van der Waals surface area contributed by atoms with Crippen LogP contribution in [0.4, 0.5) is 5.69 Å². The van der Waals surface area contributed by atoms with Crippen molar-refractivity contribution in [3.05, 3.63) is 53.4 Å². The smallest absolute Gasteiger partial charge is 0.268 e. The average Bonchev–Trinajstić information content (AvgIpc) is 2.95. The van der Waals surface area contributed by atoms with E-state index >= 15 is 0 Å². The first-order chi connectivity index (χ1) is 12.1. The van der Waals surface area contributed by atoms with Gasteiger partial charge in [-0.1, -0.05) is 11.6 Å². The van der Waals surface area contributed by atoms with Gasteiger partial charge >= 0.3 is 0 Å². The summed E-state index contributed by atoms with van der Waals surface area (Å²) in [6.45, 7) is 0.0284. The van der Waals surface area contributed by atoms with E-state index in [1.165, 1.54) is 6.20 Å². The molecule has 0 aliphatic carbocycles. The van der Waals surface area contributed by atoms with Crippen LogP contribution in [-0.2, 0) is 4.79 Å². The molecule has 1 aliphatic rings. The highest BCUT2D eigenvalue weighted by Crippen LogP contribution is 2.25. The molecule has 1 aliphatic heterocycles. The molecule has 0 saturated carbocycles. The van der Waals surface area contributed by atoms with Gasteiger partial charge in [0.15, 0.2) is 0 Å².